The number of hydrogen-bond donors (Lipinski definition) is 0. The Morgan fingerprint density at radius 2 is 1.27 bits per heavy atom. The fourth-order valence-corrected chi connectivity index (χ4v) is 4.47. The van der Waals surface area contributed by atoms with Crippen molar-refractivity contribution in [1.82, 2.24) is 0 Å². The van der Waals surface area contributed by atoms with Gasteiger partial charge in [0.2, 0.25) is 0 Å². The molecule has 1 aliphatic heterocycles. The molecule has 4 aromatic carbocycles. The first-order valence-corrected chi connectivity index (χ1v) is 10.5. The van der Waals surface area contributed by atoms with Gasteiger partial charge in [-0.3, -0.25) is 0 Å². The summed E-state index contributed by atoms with van der Waals surface area (Å²) in [6.45, 7) is 6.80. The highest BCUT2D eigenvalue weighted by Gasteiger charge is 2.38. The fraction of sp³-hybridized carbons (Fsp3) is 0.172. The summed E-state index contributed by atoms with van der Waals surface area (Å²) in [5.74, 6) is 0.966. The standard InChI is InChI=1S/C29H26O/c1-28(2,3)26-20-21-12-10-11-17-24(21)27-25(26)18-19-29(30-27,22-13-6-4-7-14-22)23-15-8-5-9-16-23/h4-20H,1-3H3. The van der Waals surface area contributed by atoms with Gasteiger partial charge in [0.25, 0.3) is 0 Å². The molecule has 30 heavy (non-hydrogen) atoms. The first kappa shape index (κ1) is 18.7. The molecule has 0 aliphatic carbocycles. The maximum absolute atomic E-state index is 7.05. The molecular weight excluding hydrogens is 364 g/mol. The van der Waals surface area contributed by atoms with Crippen LogP contribution in [0.4, 0.5) is 0 Å². The van der Waals surface area contributed by atoms with Crippen molar-refractivity contribution in [3.63, 3.8) is 0 Å². The molecule has 4 aromatic rings. The first-order chi connectivity index (χ1) is 14.5. The van der Waals surface area contributed by atoms with E-state index < -0.39 is 5.60 Å². The van der Waals surface area contributed by atoms with Crippen LogP contribution in [0.15, 0.2) is 97.1 Å². The van der Waals surface area contributed by atoms with E-state index in [0.29, 0.717) is 0 Å². The van der Waals surface area contributed by atoms with Crippen LogP contribution in [0.1, 0.15) is 43.0 Å². The molecule has 0 N–H and O–H groups in total. The van der Waals surface area contributed by atoms with E-state index in [1.807, 2.05) is 0 Å². The molecule has 0 bridgehead atoms. The van der Waals surface area contributed by atoms with Gasteiger partial charge in [-0.25, -0.2) is 0 Å². The van der Waals surface area contributed by atoms with Crippen LogP contribution in [0.2, 0.25) is 0 Å². The van der Waals surface area contributed by atoms with Gasteiger partial charge in [0.05, 0.1) is 0 Å². The second kappa shape index (κ2) is 6.88. The number of ether oxygens (including phenoxy) is 1. The van der Waals surface area contributed by atoms with Gasteiger partial charge in [-0.15, -0.1) is 0 Å². The predicted molar refractivity (Wildman–Crippen MR) is 126 cm³/mol. The Morgan fingerprint density at radius 1 is 0.700 bits per heavy atom. The summed E-state index contributed by atoms with van der Waals surface area (Å²) in [5.41, 5.74) is 4.10. The summed E-state index contributed by atoms with van der Waals surface area (Å²) in [5, 5.41) is 2.37. The lowest BCUT2D eigenvalue weighted by molar-refractivity contribution is 0.163. The number of rotatable bonds is 2. The van der Waals surface area contributed by atoms with Crippen molar-refractivity contribution >= 4 is 16.8 Å². The SMILES string of the molecule is CC(C)(C)c1cc2ccccc2c2c1C=CC(c1ccccc1)(c1ccccc1)O2. The van der Waals surface area contributed by atoms with Gasteiger partial charge in [0, 0.05) is 22.1 Å². The lowest BCUT2D eigenvalue weighted by Crippen LogP contribution is -2.34. The fourth-order valence-electron chi connectivity index (χ4n) is 4.47. The molecule has 1 heteroatoms. The summed E-state index contributed by atoms with van der Waals surface area (Å²) < 4.78 is 7.05. The summed E-state index contributed by atoms with van der Waals surface area (Å²) in [7, 11) is 0. The molecule has 1 heterocycles. The van der Waals surface area contributed by atoms with Crippen LogP contribution < -0.4 is 4.74 Å². The maximum atomic E-state index is 7.05. The number of hydrogen-bond acceptors (Lipinski definition) is 1. The van der Waals surface area contributed by atoms with Crippen LogP contribution in [0.5, 0.6) is 5.75 Å². The second-order valence-corrected chi connectivity index (χ2v) is 9.04. The van der Waals surface area contributed by atoms with Crippen molar-refractivity contribution in [2.75, 3.05) is 0 Å². The minimum Gasteiger partial charge on any atom is -0.472 e. The summed E-state index contributed by atoms with van der Waals surface area (Å²) >= 11 is 0. The second-order valence-electron chi connectivity index (χ2n) is 9.04. The minimum atomic E-state index is -0.658. The molecule has 0 saturated carbocycles. The van der Waals surface area contributed by atoms with Gasteiger partial charge in [-0.2, -0.15) is 0 Å². The van der Waals surface area contributed by atoms with Crippen LogP contribution >= 0.6 is 0 Å². The average molecular weight is 391 g/mol. The number of fused-ring (bicyclic) bond motifs is 3. The third-order valence-electron chi connectivity index (χ3n) is 6.00. The van der Waals surface area contributed by atoms with E-state index in [2.05, 4.69) is 124 Å². The van der Waals surface area contributed by atoms with E-state index in [-0.39, 0.29) is 5.41 Å². The van der Waals surface area contributed by atoms with E-state index in [0.717, 1.165) is 22.3 Å². The van der Waals surface area contributed by atoms with Crippen molar-refractivity contribution in [1.29, 1.82) is 0 Å². The van der Waals surface area contributed by atoms with Crippen LogP contribution in [0, 0.1) is 0 Å². The molecule has 0 atom stereocenters. The Hall–Kier alpha value is -3.32. The molecule has 148 valence electrons. The third kappa shape index (κ3) is 2.93. The van der Waals surface area contributed by atoms with Crippen molar-refractivity contribution in [3.05, 3.63) is 119 Å². The Balaban J connectivity index is 1.83. The monoisotopic (exact) mass is 390 g/mol. The average Bonchev–Trinajstić information content (AvgIpc) is 2.78. The largest absolute Gasteiger partial charge is 0.472 e. The van der Waals surface area contributed by atoms with Crippen LogP contribution in [0.25, 0.3) is 16.8 Å². The van der Waals surface area contributed by atoms with Gasteiger partial charge < -0.3 is 4.74 Å². The molecule has 0 amide bonds. The topological polar surface area (TPSA) is 9.23 Å². The number of benzene rings is 4. The lowest BCUT2D eigenvalue weighted by atomic mass is 9.78. The van der Waals surface area contributed by atoms with Crippen molar-refractivity contribution in [2.24, 2.45) is 0 Å². The molecule has 0 saturated heterocycles. The normalized spacial score (nSPS) is 14.9. The first-order valence-electron chi connectivity index (χ1n) is 10.5. The van der Waals surface area contributed by atoms with Crippen LogP contribution in [0.3, 0.4) is 0 Å². The van der Waals surface area contributed by atoms with Crippen LogP contribution in [-0.2, 0) is 11.0 Å². The Morgan fingerprint density at radius 3 is 1.87 bits per heavy atom. The van der Waals surface area contributed by atoms with Gasteiger partial charge in [0.1, 0.15) is 5.75 Å². The van der Waals surface area contributed by atoms with Gasteiger partial charge in [-0.05, 0) is 28.5 Å². The van der Waals surface area contributed by atoms with Gasteiger partial charge in [0.15, 0.2) is 5.60 Å². The van der Waals surface area contributed by atoms with Gasteiger partial charge in [-0.1, -0.05) is 112 Å². The van der Waals surface area contributed by atoms with Crippen molar-refractivity contribution in [2.45, 2.75) is 31.8 Å². The Labute approximate surface area is 178 Å². The molecule has 0 fully saturated rings. The third-order valence-corrected chi connectivity index (χ3v) is 6.00. The van der Waals surface area contributed by atoms with E-state index in [1.165, 1.54) is 16.5 Å². The molecule has 0 spiro atoms. The molecule has 5 rings (SSSR count). The maximum Gasteiger partial charge on any atom is 0.178 e. The smallest absolute Gasteiger partial charge is 0.178 e. The van der Waals surface area contributed by atoms with E-state index in [9.17, 15) is 0 Å². The zero-order chi connectivity index (χ0) is 20.8. The highest BCUT2D eigenvalue weighted by atomic mass is 16.5. The lowest BCUT2D eigenvalue weighted by Gasteiger charge is -2.38. The Kier molecular flexibility index (Phi) is 4.29. The Bertz CT molecular complexity index is 1190. The zero-order valence-corrected chi connectivity index (χ0v) is 17.7. The van der Waals surface area contributed by atoms with Crippen molar-refractivity contribution in [3.8, 4) is 5.75 Å². The van der Waals surface area contributed by atoms with E-state index in [4.69, 9.17) is 4.74 Å². The van der Waals surface area contributed by atoms with Crippen LogP contribution in [-0.4, -0.2) is 0 Å². The van der Waals surface area contributed by atoms with E-state index in [1.54, 1.807) is 0 Å². The highest BCUT2D eigenvalue weighted by Crippen LogP contribution is 2.47. The molecule has 0 radical (unpaired) electrons. The zero-order valence-electron chi connectivity index (χ0n) is 17.7. The summed E-state index contributed by atoms with van der Waals surface area (Å²) in [6, 6.07) is 31.9. The molecule has 1 aliphatic rings. The van der Waals surface area contributed by atoms with E-state index >= 15 is 0 Å². The molecule has 1 nitrogen and oxygen atoms in total. The molecule has 0 unspecified atom stereocenters. The molecular formula is C29H26O. The predicted octanol–water partition coefficient (Wildman–Crippen LogP) is 7.49. The minimum absolute atomic E-state index is 0.0152. The summed E-state index contributed by atoms with van der Waals surface area (Å²) in [4.78, 5) is 0. The summed E-state index contributed by atoms with van der Waals surface area (Å²) in [6.07, 6.45) is 4.50. The highest BCUT2D eigenvalue weighted by molar-refractivity contribution is 5.94. The quantitative estimate of drug-likeness (QED) is 0.344. The van der Waals surface area contributed by atoms with Crippen molar-refractivity contribution < 1.29 is 4.74 Å². The molecule has 0 aromatic heterocycles. The van der Waals surface area contributed by atoms with Gasteiger partial charge >= 0.3 is 0 Å².